The highest BCUT2D eigenvalue weighted by Crippen LogP contribution is 2.27. The van der Waals surface area contributed by atoms with Crippen molar-refractivity contribution in [1.82, 2.24) is 4.90 Å². The molecule has 0 aromatic heterocycles. The molecule has 0 spiro atoms. The molecule has 5 heteroatoms. The Labute approximate surface area is 160 Å². The standard InChI is InChI=1S/C20H24ClN3S/c1-15(2)16-7-3-5-9-18(16)22-20(25)24-13-11-23(12-14-24)19-10-6-4-8-17(19)21/h3-10,15H,11-14H2,1-2H3,(H,22,25). The maximum atomic E-state index is 6.32. The van der Waals surface area contributed by atoms with Crippen LogP contribution in [0, 0.1) is 0 Å². The Hall–Kier alpha value is -1.78. The van der Waals surface area contributed by atoms with Gasteiger partial charge in [0.15, 0.2) is 5.11 Å². The number of rotatable bonds is 3. The fraction of sp³-hybridized carbons (Fsp3) is 0.350. The zero-order chi connectivity index (χ0) is 17.8. The average Bonchev–Trinajstić information content (AvgIpc) is 2.62. The molecule has 1 aliphatic rings. The number of hydrogen-bond donors (Lipinski definition) is 1. The smallest absolute Gasteiger partial charge is 0.173 e. The third-order valence-electron chi connectivity index (χ3n) is 4.58. The quantitative estimate of drug-likeness (QED) is 0.764. The van der Waals surface area contributed by atoms with E-state index in [2.05, 4.69) is 53.2 Å². The van der Waals surface area contributed by atoms with Crippen LogP contribution in [0.15, 0.2) is 48.5 Å². The molecule has 132 valence electrons. The van der Waals surface area contributed by atoms with Crippen LogP contribution in [0.5, 0.6) is 0 Å². The minimum atomic E-state index is 0.462. The second-order valence-electron chi connectivity index (χ2n) is 6.60. The van der Waals surface area contributed by atoms with E-state index in [-0.39, 0.29) is 0 Å². The minimum Gasteiger partial charge on any atom is -0.367 e. The molecule has 0 unspecified atom stereocenters. The molecule has 0 radical (unpaired) electrons. The van der Waals surface area contributed by atoms with Crippen LogP contribution >= 0.6 is 23.8 Å². The molecule has 1 N–H and O–H groups in total. The van der Waals surface area contributed by atoms with Gasteiger partial charge in [0.05, 0.1) is 10.7 Å². The first-order valence-electron chi connectivity index (χ1n) is 8.70. The third kappa shape index (κ3) is 4.25. The van der Waals surface area contributed by atoms with Crippen molar-refractivity contribution in [3.05, 3.63) is 59.1 Å². The number of piperazine rings is 1. The first-order chi connectivity index (χ1) is 12.1. The lowest BCUT2D eigenvalue weighted by Gasteiger charge is -2.38. The first-order valence-corrected chi connectivity index (χ1v) is 9.49. The predicted octanol–water partition coefficient (Wildman–Crippen LogP) is 4.98. The first kappa shape index (κ1) is 18.0. The molecule has 0 amide bonds. The SMILES string of the molecule is CC(C)c1ccccc1NC(=S)N1CCN(c2ccccc2Cl)CC1. The predicted molar refractivity (Wildman–Crippen MR) is 112 cm³/mol. The van der Waals surface area contributed by atoms with Crippen LogP contribution in [0.25, 0.3) is 0 Å². The van der Waals surface area contributed by atoms with Gasteiger partial charge >= 0.3 is 0 Å². The summed E-state index contributed by atoms with van der Waals surface area (Å²) in [7, 11) is 0. The molecule has 1 saturated heterocycles. The lowest BCUT2D eigenvalue weighted by molar-refractivity contribution is 0.391. The normalized spacial score (nSPS) is 14.7. The number of nitrogens with one attached hydrogen (secondary N) is 1. The summed E-state index contributed by atoms with van der Waals surface area (Å²) in [5.41, 5.74) is 3.50. The largest absolute Gasteiger partial charge is 0.367 e. The Balaban J connectivity index is 1.62. The summed E-state index contributed by atoms with van der Waals surface area (Å²) in [6.07, 6.45) is 0. The summed E-state index contributed by atoms with van der Waals surface area (Å²) in [5, 5.41) is 5.05. The molecule has 2 aromatic rings. The van der Waals surface area contributed by atoms with E-state index >= 15 is 0 Å². The van der Waals surface area contributed by atoms with E-state index in [1.165, 1.54) is 5.56 Å². The Bertz CT molecular complexity index is 739. The summed E-state index contributed by atoms with van der Waals surface area (Å²) < 4.78 is 0. The van der Waals surface area contributed by atoms with Crippen LogP contribution in [0.3, 0.4) is 0 Å². The van der Waals surface area contributed by atoms with Gasteiger partial charge in [0.1, 0.15) is 0 Å². The molecule has 25 heavy (non-hydrogen) atoms. The van der Waals surface area contributed by atoms with E-state index in [0.717, 1.165) is 47.7 Å². The maximum absolute atomic E-state index is 6.32. The Morgan fingerprint density at radius 2 is 1.64 bits per heavy atom. The van der Waals surface area contributed by atoms with Crippen molar-refractivity contribution in [2.75, 3.05) is 36.4 Å². The van der Waals surface area contributed by atoms with E-state index in [4.69, 9.17) is 23.8 Å². The van der Waals surface area contributed by atoms with Crippen LogP contribution in [-0.2, 0) is 0 Å². The van der Waals surface area contributed by atoms with Crippen molar-refractivity contribution in [3.63, 3.8) is 0 Å². The van der Waals surface area contributed by atoms with Gasteiger partial charge in [-0.3, -0.25) is 0 Å². The fourth-order valence-electron chi connectivity index (χ4n) is 3.17. The van der Waals surface area contributed by atoms with Crippen LogP contribution in [0.2, 0.25) is 5.02 Å². The number of nitrogens with zero attached hydrogens (tertiary/aromatic N) is 2. The van der Waals surface area contributed by atoms with E-state index in [0.29, 0.717) is 5.92 Å². The van der Waals surface area contributed by atoms with Gasteiger partial charge in [-0.05, 0) is 41.9 Å². The highest BCUT2D eigenvalue weighted by atomic mass is 35.5. The number of para-hydroxylation sites is 2. The van der Waals surface area contributed by atoms with Gasteiger partial charge in [0.25, 0.3) is 0 Å². The lowest BCUT2D eigenvalue weighted by Crippen LogP contribution is -2.50. The van der Waals surface area contributed by atoms with E-state index < -0.39 is 0 Å². The molecule has 1 fully saturated rings. The molecule has 0 atom stereocenters. The van der Waals surface area contributed by atoms with Crippen molar-refractivity contribution in [2.24, 2.45) is 0 Å². The molecule has 3 nitrogen and oxygen atoms in total. The van der Waals surface area contributed by atoms with E-state index in [1.807, 2.05) is 24.3 Å². The molecule has 1 heterocycles. The second-order valence-corrected chi connectivity index (χ2v) is 7.39. The molecule has 3 rings (SSSR count). The van der Waals surface area contributed by atoms with Crippen LogP contribution in [0.1, 0.15) is 25.3 Å². The number of anilines is 2. The van der Waals surface area contributed by atoms with Gasteiger partial charge in [-0.25, -0.2) is 0 Å². The minimum absolute atomic E-state index is 0.462. The van der Waals surface area contributed by atoms with Crippen LogP contribution < -0.4 is 10.2 Å². The zero-order valence-corrected chi connectivity index (χ0v) is 16.3. The molecule has 0 aliphatic carbocycles. The van der Waals surface area contributed by atoms with Gasteiger partial charge in [-0.15, -0.1) is 0 Å². The van der Waals surface area contributed by atoms with Gasteiger partial charge in [-0.1, -0.05) is 55.8 Å². The summed E-state index contributed by atoms with van der Waals surface area (Å²) >= 11 is 12.0. The van der Waals surface area contributed by atoms with Crippen LogP contribution in [-0.4, -0.2) is 36.2 Å². The van der Waals surface area contributed by atoms with Gasteiger partial charge in [0.2, 0.25) is 0 Å². The number of halogens is 1. The van der Waals surface area contributed by atoms with Crippen molar-refractivity contribution < 1.29 is 0 Å². The molecule has 2 aromatic carbocycles. The van der Waals surface area contributed by atoms with Gasteiger partial charge in [-0.2, -0.15) is 0 Å². The average molecular weight is 374 g/mol. The Morgan fingerprint density at radius 1 is 1.00 bits per heavy atom. The second kappa shape index (κ2) is 8.07. The summed E-state index contributed by atoms with van der Waals surface area (Å²) in [6.45, 7) is 8.01. The maximum Gasteiger partial charge on any atom is 0.173 e. The van der Waals surface area contributed by atoms with Crippen molar-refractivity contribution in [1.29, 1.82) is 0 Å². The van der Waals surface area contributed by atoms with E-state index in [9.17, 15) is 0 Å². The molecular formula is C20H24ClN3S. The Kier molecular flexibility index (Phi) is 5.82. The van der Waals surface area contributed by atoms with Gasteiger partial charge < -0.3 is 15.1 Å². The topological polar surface area (TPSA) is 18.5 Å². The Morgan fingerprint density at radius 3 is 2.32 bits per heavy atom. The van der Waals surface area contributed by atoms with Crippen molar-refractivity contribution >= 4 is 40.3 Å². The van der Waals surface area contributed by atoms with E-state index in [1.54, 1.807) is 0 Å². The molecule has 0 saturated carbocycles. The van der Waals surface area contributed by atoms with Crippen molar-refractivity contribution in [3.8, 4) is 0 Å². The van der Waals surface area contributed by atoms with Crippen molar-refractivity contribution in [2.45, 2.75) is 19.8 Å². The zero-order valence-electron chi connectivity index (χ0n) is 14.7. The lowest BCUT2D eigenvalue weighted by atomic mass is 10.0. The van der Waals surface area contributed by atoms with Gasteiger partial charge in [0, 0.05) is 31.9 Å². The monoisotopic (exact) mass is 373 g/mol. The summed E-state index contributed by atoms with van der Waals surface area (Å²) in [5.74, 6) is 0.462. The molecule has 0 bridgehead atoms. The fourth-order valence-corrected chi connectivity index (χ4v) is 3.71. The molecular weight excluding hydrogens is 350 g/mol. The summed E-state index contributed by atoms with van der Waals surface area (Å²) in [4.78, 5) is 4.56. The highest BCUT2D eigenvalue weighted by molar-refractivity contribution is 7.80. The number of benzene rings is 2. The molecule has 1 aliphatic heterocycles. The van der Waals surface area contributed by atoms with Crippen LogP contribution in [0.4, 0.5) is 11.4 Å². The third-order valence-corrected chi connectivity index (χ3v) is 5.26. The number of hydrogen-bond acceptors (Lipinski definition) is 2. The number of thiocarbonyl (C=S) groups is 1. The highest BCUT2D eigenvalue weighted by Gasteiger charge is 2.21. The summed E-state index contributed by atoms with van der Waals surface area (Å²) in [6, 6.07) is 16.4.